The van der Waals surface area contributed by atoms with Crippen molar-refractivity contribution in [3.8, 4) is 0 Å². The van der Waals surface area contributed by atoms with Crippen molar-refractivity contribution in [2.75, 3.05) is 13.7 Å². The van der Waals surface area contributed by atoms with Crippen molar-refractivity contribution in [3.63, 3.8) is 0 Å². The number of hydrogen-bond donors (Lipinski definition) is 0. The molecule has 0 radical (unpaired) electrons. The zero-order valence-corrected chi connectivity index (χ0v) is 7.87. The third-order valence-corrected chi connectivity index (χ3v) is 2.30. The smallest absolute Gasteiger partial charge is 0.311 e. The maximum absolute atomic E-state index is 11.2. The Morgan fingerprint density at radius 1 is 1.58 bits per heavy atom. The summed E-state index contributed by atoms with van der Waals surface area (Å²) >= 11 is 0. The average Bonchev–Trinajstić information content (AvgIpc) is 2.50. The van der Waals surface area contributed by atoms with E-state index in [1.807, 2.05) is 0 Å². The van der Waals surface area contributed by atoms with Crippen LogP contribution in [0.2, 0.25) is 0 Å². The number of carbonyl (C=O) groups is 1. The lowest BCUT2D eigenvalue weighted by molar-refractivity contribution is -0.148. The molecule has 0 N–H and O–H groups in total. The molecule has 1 rings (SSSR count). The van der Waals surface area contributed by atoms with Gasteiger partial charge < -0.3 is 9.47 Å². The van der Waals surface area contributed by atoms with Gasteiger partial charge in [0.1, 0.15) is 0 Å². The number of carbonyl (C=O) groups excluding carboxylic acids is 1. The molecule has 1 aliphatic heterocycles. The van der Waals surface area contributed by atoms with E-state index < -0.39 is 0 Å². The first-order valence-electron chi connectivity index (χ1n) is 4.36. The van der Waals surface area contributed by atoms with E-state index in [0.717, 1.165) is 6.42 Å². The molecule has 0 aromatic heterocycles. The standard InChI is InChI=1S/C9H16O3/c1-6(2)8-7(4-5-12-8)9(10)11-3/h6-8H,4-5H2,1-3H3. The van der Waals surface area contributed by atoms with Crippen LogP contribution in [0, 0.1) is 11.8 Å². The number of methoxy groups -OCH3 is 1. The summed E-state index contributed by atoms with van der Waals surface area (Å²) in [5.74, 6) is 0.206. The van der Waals surface area contributed by atoms with Gasteiger partial charge in [-0.25, -0.2) is 0 Å². The highest BCUT2D eigenvalue weighted by molar-refractivity contribution is 5.73. The molecule has 70 valence electrons. The van der Waals surface area contributed by atoms with Crippen LogP contribution >= 0.6 is 0 Å². The van der Waals surface area contributed by atoms with Crippen LogP contribution in [0.3, 0.4) is 0 Å². The zero-order chi connectivity index (χ0) is 9.14. The Kier molecular flexibility index (Phi) is 3.09. The summed E-state index contributed by atoms with van der Waals surface area (Å²) in [6.07, 6.45) is 0.854. The van der Waals surface area contributed by atoms with Crippen LogP contribution in [0.1, 0.15) is 20.3 Å². The van der Waals surface area contributed by atoms with Crippen LogP contribution in [0.25, 0.3) is 0 Å². The van der Waals surface area contributed by atoms with Crippen molar-refractivity contribution in [1.82, 2.24) is 0 Å². The highest BCUT2D eigenvalue weighted by atomic mass is 16.5. The Labute approximate surface area is 73.0 Å². The Bertz CT molecular complexity index is 165. The molecule has 1 fully saturated rings. The van der Waals surface area contributed by atoms with E-state index in [9.17, 15) is 4.79 Å². The molecule has 0 saturated carbocycles. The number of hydrogen-bond acceptors (Lipinski definition) is 3. The monoisotopic (exact) mass is 172 g/mol. The summed E-state index contributed by atoms with van der Waals surface area (Å²) in [4.78, 5) is 11.2. The van der Waals surface area contributed by atoms with Gasteiger partial charge in [-0.2, -0.15) is 0 Å². The SMILES string of the molecule is COC(=O)C1CCOC1C(C)C. The molecule has 3 nitrogen and oxygen atoms in total. The first kappa shape index (κ1) is 9.52. The number of esters is 1. The molecule has 1 heterocycles. The van der Waals surface area contributed by atoms with E-state index >= 15 is 0 Å². The molecule has 1 aliphatic rings. The fourth-order valence-corrected chi connectivity index (χ4v) is 1.67. The first-order valence-corrected chi connectivity index (χ1v) is 4.36. The van der Waals surface area contributed by atoms with E-state index in [1.54, 1.807) is 0 Å². The van der Waals surface area contributed by atoms with Gasteiger partial charge in [-0.3, -0.25) is 4.79 Å². The molecule has 0 bridgehead atoms. The molecular weight excluding hydrogens is 156 g/mol. The second kappa shape index (κ2) is 3.90. The van der Waals surface area contributed by atoms with Gasteiger partial charge >= 0.3 is 5.97 Å². The van der Waals surface area contributed by atoms with Crippen molar-refractivity contribution < 1.29 is 14.3 Å². The van der Waals surface area contributed by atoms with Crippen molar-refractivity contribution in [2.45, 2.75) is 26.4 Å². The second-order valence-corrected chi connectivity index (χ2v) is 3.50. The summed E-state index contributed by atoms with van der Waals surface area (Å²) in [7, 11) is 1.43. The summed E-state index contributed by atoms with van der Waals surface area (Å²) in [5, 5.41) is 0. The maximum Gasteiger partial charge on any atom is 0.311 e. The van der Waals surface area contributed by atoms with Gasteiger partial charge in [-0.15, -0.1) is 0 Å². The van der Waals surface area contributed by atoms with Gasteiger partial charge in [-0.1, -0.05) is 13.8 Å². The lowest BCUT2D eigenvalue weighted by Gasteiger charge is -2.19. The molecular formula is C9H16O3. The number of ether oxygens (including phenoxy) is 2. The van der Waals surface area contributed by atoms with Gasteiger partial charge in [0.25, 0.3) is 0 Å². The van der Waals surface area contributed by atoms with Gasteiger partial charge in [0.2, 0.25) is 0 Å². The lowest BCUT2D eigenvalue weighted by Crippen LogP contribution is -2.29. The fourth-order valence-electron chi connectivity index (χ4n) is 1.67. The Morgan fingerprint density at radius 3 is 2.75 bits per heavy atom. The van der Waals surface area contributed by atoms with E-state index in [2.05, 4.69) is 13.8 Å². The third-order valence-electron chi connectivity index (χ3n) is 2.30. The Balaban J connectivity index is 2.57. The van der Waals surface area contributed by atoms with Crippen molar-refractivity contribution in [3.05, 3.63) is 0 Å². The zero-order valence-electron chi connectivity index (χ0n) is 7.87. The van der Waals surface area contributed by atoms with Crippen LogP contribution in [-0.2, 0) is 14.3 Å². The molecule has 12 heavy (non-hydrogen) atoms. The molecule has 3 heteroatoms. The van der Waals surface area contributed by atoms with Gasteiger partial charge in [0.15, 0.2) is 0 Å². The first-order chi connectivity index (χ1) is 5.66. The minimum Gasteiger partial charge on any atom is -0.469 e. The fraction of sp³-hybridized carbons (Fsp3) is 0.889. The van der Waals surface area contributed by atoms with Gasteiger partial charge in [0, 0.05) is 6.61 Å². The van der Waals surface area contributed by atoms with E-state index in [1.165, 1.54) is 7.11 Å². The van der Waals surface area contributed by atoms with Crippen LogP contribution in [-0.4, -0.2) is 25.8 Å². The second-order valence-electron chi connectivity index (χ2n) is 3.50. The molecule has 2 atom stereocenters. The average molecular weight is 172 g/mol. The molecule has 0 aliphatic carbocycles. The molecule has 1 saturated heterocycles. The molecule has 0 amide bonds. The van der Waals surface area contributed by atoms with Crippen molar-refractivity contribution in [1.29, 1.82) is 0 Å². The predicted octanol–water partition coefficient (Wildman–Crippen LogP) is 1.22. The maximum atomic E-state index is 11.2. The van der Waals surface area contributed by atoms with Crippen LogP contribution in [0.5, 0.6) is 0 Å². The summed E-state index contributed by atoms with van der Waals surface area (Å²) in [6.45, 7) is 4.81. The highest BCUT2D eigenvalue weighted by Crippen LogP contribution is 2.27. The van der Waals surface area contributed by atoms with Gasteiger partial charge in [0.05, 0.1) is 19.1 Å². The predicted molar refractivity (Wildman–Crippen MR) is 44.7 cm³/mol. The summed E-state index contributed by atoms with van der Waals surface area (Å²) in [5.41, 5.74) is 0. The van der Waals surface area contributed by atoms with Crippen LogP contribution in [0.15, 0.2) is 0 Å². The normalized spacial score (nSPS) is 29.3. The van der Waals surface area contributed by atoms with E-state index in [4.69, 9.17) is 9.47 Å². The Morgan fingerprint density at radius 2 is 2.25 bits per heavy atom. The number of rotatable bonds is 2. The van der Waals surface area contributed by atoms with Crippen molar-refractivity contribution >= 4 is 5.97 Å². The van der Waals surface area contributed by atoms with Gasteiger partial charge in [-0.05, 0) is 12.3 Å². The highest BCUT2D eigenvalue weighted by Gasteiger charge is 2.36. The third kappa shape index (κ3) is 1.78. The molecule has 2 unspecified atom stereocenters. The van der Waals surface area contributed by atoms with Crippen LogP contribution < -0.4 is 0 Å². The van der Waals surface area contributed by atoms with E-state index in [0.29, 0.717) is 12.5 Å². The topological polar surface area (TPSA) is 35.5 Å². The quantitative estimate of drug-likeness (QED) is 0.587. The largest absolute Gasteiger partial charge is 0.469 e. The Hall–Kier alpha value is -0.570. The van der Waals surface area contributed by atoms with Crippen LogP contribution in [0.4, 0.5) is 0 Å². The summed E-state index contributed by atoms with van der Waals surface area (Å²) in [6, 6.07) is 0. The minimum atomic E-state index is -0.133. The van der Waals surface area contributed by atoms with Crippen molar-refractivity contribution in [2.24, 2.45) is 11.8 Å². The molecule has 0 aromatic carbocycles. The summed E-state index contributed by atoms with van der Waals surface area (Å²) < 4.78 is 10.1. The lowest BCUT2D eigenvalue weighted by atomic mass is 9.93. The molecule has 0 spiro atoms. The minimum absolute atomic E-state index is 0.0463. The molecule has 0 aromatic rings. The van der Waals surface area contributed by atoms with E-state index in [-0.39, 0.29) is 18.0 Å².